The molecule has 1 aromatic rings. The lowest BCUT2D eigenvalue weighted by atomic mass is 9.83. The number of nitrogens with zero attached hydrogens (tertiary/aromatic N) is 1. The first-order chi connectivity index (χ1) is 8.59. The number of nitrogens with one attached hydrogen (secondary N) is 2. The first-order valence-electron chi connectivity index (χ1n) is 6.51. The topological polar surface area (TPSA) is 54.0 Å². The molecule has 0 aromatic carbocycles. The number of piperidine rings is 1. The molecule has 0 saturated carbocycles. The average molecular weight is 247 g/mol. The van der Waals surface area contributed by atoms with Gasteiger partial charge in [-0.25, -0.2) is 0 Å². The lowest BCUT2D eigenvalue weighted by Gasteiger charge is -2.34. The van der Waals surface area contributed by atoms with Gasteiger partial charge < -0.3 is 10.6 Å². The number of aryl methyl sites for hydroxylation is 1. The van der Waals surface area contributed by atoms with Crippen molar-refractivity contribution in [2.75, 3.05) is 19.6 Å². The zero-order valence-electron chi connectivity index (χ0n) is 11.1. The molecule has 1 amide bonds. The van der Waals surface area contributed by atoms with Crippen LogP contribution in [0.1, 0.15) is 35.8 Å². The van der Waals surface area contributed by atoms with Crippen LogP contribution in [0.25, 0.3) is 0 Å². The summed E-state index contributed by atoms with van der Waals surface area (Å²) in [4.78, 5) is 16.1. The molecule has 98 valence electrons. The molecule has 1 aromatic heterocycles. The van der Waals surface area contributed by atoms with Gasteiger partial charge in [-0.1, -0.05) is 6.92 Å². The molecule has 0 bridgehead atoms. The SMILES string of the molecule is Cc1cc(C(=O)NCC2(C)CCCNC2)ccn1. The minimum Gasteiger partial charge on any atom is -0.351 e. The van der Waals surface area contributed by atoms with Gasteiger partial charge in [0.1, 0.15) is 0 Å². The Morgan fingerprint density at radius 3 is 3.11 bits per heavy atom. The van der Waals surface area contributed by atoms with Crippen molar-refractivity contribution < 1.29 is 4.79 Å². The third-order valence-corrected chi connectivity index (χ3v) is 3.52. The molecule has 0 radical (unpaired) electrons. The normalized spacial score (nSPS) is 23.7. The monoisotopic (exact) mass is 247 g/mol. The van der Waals surface area contributed by atoms with Crippen LogP contribution in [0.3, 0.4) is 0 Å². The maximum Gasteiger partial charge on any atom is 0.251 e. The Balaban J connectivity index is 1.92. The van der Waals surface area contributed by atoms with Gasteiger partial charge in [0.15, 0.2) is 0 Å². The summed E-state index contributed by atoms with van der Waals surface area (Å²) in [5.74, 6) is -0.00713. The molecule has 1 atom stereocenters. The Hall–Kier alpha value is -1.42. The highest BCUT2D eigenvalue weighted by Gasteiger charge is 2.27. The van der Waals surface area contributed by atoms with Crippen molar-refractivity contribution in [3.8, 4) is 0 Å². The minimum absolute atomic E-state index is 0.00713. The summed E-state index contributed by atoms with van der Waals surface area (Å²) in [6.45, 7) is 6.90. The van der Waals surface area contributed by atoms with Gasteiger partial charge in [-0.3, -0.25) is 9.78 Å². The summed E-state index contributed by atoms with van der Waals surface area (Å²) in [6, 6.07) is 3.57. The fourth-order valence-electron chi connectivity index (χ4n) is 2.35. The van der Waals surface area contributed by atoms with Crippen molar-refractivity contribution in [3.63, 3.8) is 0 Å². The standard InChI is InChI=1S/C14H21N3O/c1-11-8-12(4-7-16-11)13(18)17-10-14(2)5-3-6-15-9-14/h4,7-8,15H,3,5-6,9-10H2,1-2H3,(H,17,18). The maximum absolute atomic E-state index is 12.0. The first-order valence-corrected chi connectivity index (χ1v) is 6.51. The second-order valence-corrected chi connectivity index (χ2v) is 5.46. The number of amides is 1. The van der Waals surface area contributed by atoms with Crippen LogP contribution in [-0.4, -0.2) is 30.5 Å². The van der Waals surface area contributed by atoms with E-state index in [0.717, 1.165) is 31.7 Å². The predicted octanol–water partition coefficient (Wildman–Crippen LogP) is 1.51. The van der Waals surface area contributed by atoms with E-state index in [0.29, 0.717) is 5.56 Å². The van der Waals surface area contributed by atoms with Gasteiger partial charge in [0, 0.05) is 30.5 Å². The van der Waals surface area contributed by atoms with E-state index in [-0.39, 0.29) is 11.3 Å². The Labute approximate surface area is 108 Å². The zero-order chi connectivity index (χ0) is 13.0. The van der Waals surface area contributed by atoms with E-state index in [1.807, 2.05) is 13.0 Å². The number of hydrogen-bond acceptors (Lipinski definition) is 3. The third-order valence-electron chi connectivity index (χ3n) is 3.52. The summed E-state index contributed by atoms with van der Waals surface area (Å²) in [6.07, 6.45) is 4.02. The Bertz CT molecular complexity index is 425. The molecule has 2 rings (SSSR count). The lowest BCUT2D eigenvalue weighted by molar-refractivity contribution is 0.0924. The van der Waals surface area contributed by atoms with Gasteiger partial charge in [-0.2, -0.15) is 0 Å². The van der Waals surface area contributed by atoms with Crippen LogP contribution >= 0.6 is 0 Å². The molecule has 0 aliphatic carbocycles. The zero-order valence-corrected chi connectivity index (χ0v) is 11.1. The van der Waals surface area contributed by atoms with Crippen molar-refractivity contribution in [1.82, 2.24) is 15.6 Å². The number of pyridine rings is 1. The fraction of sp³-hybridized carbons (Fsp3) is 0.571. The molecular formula is C14H21N3O. The van der Waals surface area contributed by atoms with Gasteiger partial charge in [-0.05, 0) is 43.9 Å². The van der Waals surface area contributed by atoms with Gasteiger partial charge in [0.05, 0.1) is 0 Å². The minimum atomic E-state index is -0.00713. The third kappa shape index (κ3) is 3.29. The molecule has 1 saturated heterocycles. The Kier molecular flexibility index (Phi) is 3.97. The summed E-state index contributed by atoms with van der Waals surface area (Å²) < 4.78 is 0. The Morgan fingerprint density at radius 1 is 1.61 bits per heavy atom. The predicted molar refractivity (Wildman–Crippen MR) is 71.5 cm³/mol. The molecule has 2 N–H and O–H groups in total. The number of carbonyl (C=O) groups excluding carboxylic acids is 1. The van der Waals surface area contributed by atoms with Crippen LogP contribution < -0.4 is 10.6 Å². The number of hydrogen-bond donors (Lipinski definition) is 2. The fourth-order valence-corrected chi connectivity index (χ4v) is 2.35. The van der Waals surface area contributed by atoms with Crippen LogP contribution in [-0.2, 0) is 0 Å². The second kappa shape index (κ2) is 5.48. The Morgan fingerprint density at radius 2 is 2.44 bits per heavy atom. The summed E-state index contributed by atoms with van der Waals surface area (Å²) in [5, 5.41) is 6.42. The second-order valence-electron chi connectivity index (χ2n) is 5.46. The number of carbonyl (C=O) groups is 1. The summed E-state index contributed by atoms with van der Waals surface area (Å²) in [5.41, 5.74) is 1.73. The smallest absolute Gasteiger partial charge is 0.251 e. The molecule has 18 heavy (non-hydrogen) atoms. The molecule has 2 heterocycles. The summed E-state index contributed by atoms with van der Waals surface area (Å²) in [7, 11) is 0. The maximum atomic E-state index is 12.0. The molecule has 0 spiro atoms. The van der Waals surface area contributed by atoms with Gasteiger partial charge in [-0.15, -0.1) is 0 Å². The van der Waals surface area contributed by atoms with Crippen LogP contribution in [0.15, 0.2) is 18.3 Å². The van der Waals surface area contributed by atoms with Crippen LogP contribution in [0, 0.1) is 12.3 Å². The van der Waals surface area contributed by atoms with E-state index >= 15 is 0 Å². The lowest BCUT2D eigenvalue weighted by Crippen LogP contribution is -2.45. The highest BCUT2D eigenvalue weighted by molar-refractivity contribution is 5.94. The van der Waals surface area contributed by atoms with Crippen molar-refractivity contribution in [2.24, 2.45) is 5.41 Å². The quantitative estimate of drug-likeness (QED) is 0.851. The molecule has 1 aliphatic rings. The van der Waals surface area contributed by atoms with Gasteiger partial charge in [0.25, 0.3) is 5.91 Å². The highest BCUT2D eigenvalue weighted by Crippen LogP contribution is 2.24. The van der Waals surface area contributed by atoms with Crippen LogP contribution in [0.5, 0.6) is 0 Å². The largest absolute Gasteiger partial charge is 0.351 e. The first kappa shape index (κ1) is 13.0. The summed E-state index contributed by atoms with van der Waals surface area (Å²) >= 11 is 0. The molecule has 1 fully saturated rings. The van der Waals surface area contributed by atoms with Crippen LogP contribution in [0.4, 0.5) is 0 Å². The van der Waals surface area contributed by atoms with E-state index in [1.165, 1.54) is 6.42 Å². The van der Waals surface area contributed by atoms with Crippen molar-refractivity contribution in [3.05, 3.63) is 29.6 Å². The molecule has 4 nitrogen and oxygen atoms in total. The van der Waals surface area contributed by atoms with Crippen molar-refractivity contribution in [1.29, 1.82) is 0 Å². The molecule has 1 aliphatic heterocycles. The van der Waals surface area contributed by atoms with Gasteiger partial charge >= 0.3 is 0 Å². The highest BCUT2D eigenvalue weighted by atomic mass is 16.1. The molecule has 4 heteroatoms. The number of rotatable bonds is 3. The van der Waals surface area contributed by atoms with Gasteiger partial charge in [0.2, 0.25) is 0 Å². The molecular weight excluding hydrogens is 226 g/mol. The van der Waals surface area contributed by atoms with Crippen LogP contribution in [0.2, 0.25) is 0 Å². The van der Waals surface area contributed by atoms with E-state index in [2.05, 4.69) is 22.5 Å². The van der Waals surface area contributed by atoms with E-state index in [9.17, 15) is 4.79 Å². The van der Waals surface area contributed by atoms with Crippen molar-refractivity contribution >= 4 is 5.91 Å². The number of aromatic nitrogens is 1. The van der Waals surface area contributed by atoms with E-state index < -0.39 is 0 Å². The molecule has 1 unspecified atom stereocenters. The van der Waals surface area contributed by atoms with E-state index in [4.69, 9.17) is 0 Å². The average Bonchev–Trinajstić information content (AvgIpc) is 2.37. The van der Waals surface area contributed by atoms with Crippen molar-refractivity contribution in [2.45, 2.75) is 26.7 Å². The van der Waals surface area contributed by atoms with E-state index in [1.54, 1.807) is 12.3 Å².